The molecule has 1 saturated heterocycles. The molecule has 0 spiro atoms. The molecule has 2 unspecified atom stereocenters. The van der Waals surface area contributed by atoms with E-state index in [1.165, 1.54) is 16.7 Å². The van der Waals surface area contributed by atoms with Crippen molar-refractivity contribution in [3.05, 3.63) is 34.9 Å². The highest BCUT2D eigenvalue weighted by Gasteiger charge is 2.23. The lowest BCUT2D eigenvalue weighted by molar-refractivity contribution is 0.0121. The summed E-state index contributed by atoms with van der Waals surface area (Å²) in [5.41, 5.74) is 9.98. The van der Waals surface area contributed by atoms with E-state index < -0.39 is 0 Å². The summed E-state index contributed by atoms with van der Waals surface area (Å²) in [5, 5.41) is 3.31. The molecular formula is C13H20N2O. The van der Waals surface area contributed by atoms with Crippen molar-refractivity contribution in [1.29, 1.82) is 0 Å². The minimum atomic E-state index is -0.0339. The fourth-order valence-corrected chi connectivity index (χ4v) is 2.22. The lowest BCUT2D eigenvalue weighted by Gasteiger charge is -2.29. The highest BCUT2D eigenvalue weighted by molar-refractivity contribution is 5.33. The zero-order valence-electron chi connectivity index (χ0n) is 9.99. The van der Waals surface area contributed by atoms with Crippen LogP contribution in [0.3, 0.4) is 0 Å². The number of morpholine rings is 1. The van der Waals surface area contributed by atoms with Crippen molar-refractivity contribution < 1.29 is 4.74 Å². The standard InChI is InChI=1S/C13H20N2O/c1-9-3-4-11(10(2)7-9)13(14)12-8-15-5-6-16-12/h3-4,7,12-13,15H,5-6,8,14H2,1-2H3. The molecule has 2 rings (SSSR count). The number of rotatable bonds is 2. The third-order valence-electron chi connectivity index (χ3n) is 3.14. The first-order valence-electron chi connectivity index (χ1n) is 5.83. The van der Waals surface area contributed by atoms with Gasteiger partial charge < -0.3 is 15.8 Å². The van der Waals surface area contributed by atoms with Crippen LogP contribution >= 0.6 is 0 Å². The molecule has 0 bridgehead atoms. The molecule has 0 aromatic heterocycles. The molecule has 16 heavy (non-hydrogen) atoms. The van der Waals surface area contributed by atoms with Crippen LogP contribution in [-0.4, -0.2) is 25.8 Å². The molecule has 0 radical (unpaired) electrons. The van der Waals surface area contributed by atoms with Crippen molar-refractivity contribution in [3.63, 3.8) is 0 Å². The van der Waals surface area contributed by atoms with Crippen LogP contribution in [0.25, 0.3) is 0 Å². The van der Waals surface area contributed by atoms with Crippen LogP contribution in [0.5, 0.6) is 0 Å². The molecule has 1 aliphatic rings. The quantitative estimate of drug-likeness (QED) is 0.789. The number of nitrogens with two attached hydrogens (primary N) is 1. The predicted molar refractivity (Wildman–Crippen MR) is 65.5 cm³/mol. The summed E-state index contributed by atoms with van der Waals surface area (Å²) in [7, 11) is 0. The van der Waals surface area contributed by atoms with Crippen LogP contribution in [0.15, 0.2) is 18.2 Å². The van der Waals surface area contributed by atoms with Crippen LogP contribution in [-0.2, 0) is 4.74 Å². The molecular weight excluding hydrogens is 200 g/mol. The number of ether oxygens (including phenoxy) is 1. The number of nitrogens with one attached hydrogen (secondary N) is 1. The molecule has 3 nitrogen and oxygen atoms in total. The number of hydrogen-bond donors (Lipinski definition) is 2. The van der Waals surface area contributed by atoms with Gasteiger partial charge in [0.05, 0.1) is 18.8 Å². The van der Waals surface area contributed by atoms with Crippen molar-refractivity contribution in [2.24, 2.45) is 5.73 Å². The van der Waals surface area contributed by atoms with Gasteiger partial charge in [0.25, 0.3) is 0 Å². The van der Waals surface area contributed by atoms with Gasteiger partial charge in [-0.1, -0.05) is 23.8 Å². The Morgan fingerprint density at radius 1 is 1.44 bits per heavy atom. The Labute approximate surface area is 97.0 Å². The fraction of sp³-hybridized carbons (Fsp3) is 0.538. The molecule has 0 amide bonds. The van der Waals surface area contributed by atoms with E-state index in [4.69, 9.17) is 10.5 Å². The summed E-state index contributed by atoms with van der Waals surface area (Å²) in [6.07, 6.45) is 0.0927. The fourth-order valence-electron chi connectivity index (χ4n) is 2.22. The zero-order chi connectivity index (χ0) is 11.5. The molecule has 3 N–H and O–H groups in total. The molecule has 1 heterocycles. The monoisotopic (exact) mass is 220 g/mol. The maximum absolute atomic E-state index is 6.26. The second-order valence-corrected chi connectivity index (χ2v) is 4.50. The average molecular weight is 220 g/mol. The second-order valence-electron chi connectivity index (χ2n) is 4.50. The molecule has 0 saturated carbocycles. The van der Waals surface area contributed by atoms with E-state index in [2.05, 4.69) is 37.4 Å². The summed E-state index contributed by atoms with van der Waals surface area (Å²) >= 11 is 0. The molecule has 88 valence electrons. The van der Waals surface area contributed by atoms with Crippen LogP contribution in [0.4, 0.5) is 0 Å². The average Bonchev–Trinajstić information content (AvgIpc) is 2.29. The summed E-state index contributed by atoms with van der Waals surface area (Å²) in [6.45, 7) is 6.73. The number of aryl methyl sites for hydroxylation is 2. The summed E-state index contributed by atoms with van der Waals surface area (Å²) in [5.74, 6) is 0. The van der Waals surface area contributed by atoms with Crippen LogP contribution in [0.1, 0.15) is 22.7 Å². The number of benzene rings is 1. The van der Waals surface area contributed by atoms with Crippen molar-refractivity contribution in [2.75, 3.05) is 19.7 Å². The Hall–Kier alpha value is -0.900. The maximum Gasteiger partial charge on any atom is 0.0892 e. The van der Waals surface area contributed by atoms with Crippen molar-refractivity contribution in [3.8, 4) is 0 Å². The van der Waals surface area contributed by atoms with Gasteiger partial charge >= 0.3 is 0 Å². The van der Waals surface area contributed by atoms with Gasteiger partial charge in [0.1, 0.15) is 0 Å². The first-order valence-corrected chi connectivity index (χ1v) is 5.83. The van der Waals surface area contributed by atoms with E-state index in [-0.39, 0.29) is 12.1 Å². The first kappa shape index (κ1) is 11.6. The topological polar surface area (TPSA) is 47.3 Å². The largest absolute Gasteiger partial charge is 0.374 e. The molecule has 1 fully saturated rings. The third-order valence-corrected chi connectivity index (χ3v) is 3.14. The highest BCUT2D eigenvalue weighted by Crippen LogP contribution is 2.22. The van der Waals surface area contributed by atoms with Gasteiger partial charge in [0.2, 0.25) is 0 Å². The normalized spacial score (nSPS) is 23.1. The van der Waals surface area contributed by atoms with E-state index in [0.29, 0.717) is 0 Å². The minimum absolute atomic E-state index is 0.0339. The van der Waals surface area contributed by atoms with E-state index in [0.717, 1.165) is 19.7 Å². The zero-order valence-corrected chi connectivity index (χ0v) is 9.99. The van der Waals surface area contributed by atoms with E-state index in [1.54, 1.807) is 0 Å². The van der Waals surface area contributed by atoms with Gasteiger partial charge in [-0.25, -0.2) is 0 Å². The molecule has 2 atom stereocenters. The smallest absolute Gasteiger partial charge is 0.0892 e. The maximum atomic E-state index is 6.26. The van der Waals surface area contributed by atoms with Crippen LogP contribution < -0.4 is 11.1 Å². The molecule has 3 heteroatoms. The van der Waals surface area contributed by atoms with E-state index in [1.807, 2.05) is 0 Å². The van der Waals surface area contributed by atoms with Gasteiger partial charge in [0.15, 0.2) is 0 Å². The van der Waals surface area contributed by atoms with Gasteiger partial charge in [0, 0.05) is 13.1 Å². The lowest BCUT2D eigenvalue weighted by atomic mass is 9.95. The molecule has 1 aliphatic heterocycles. The Bertz CT molecular complexity index is 359. The minimum Gasteiger partial charge on any atom is -0.374 e. The van der Waals surface area contributed by atoms with E-state index >= 15 is 0 Å². The van der Waals surface area contributed by atoms with Gasteiger partial charge in [-0.05, 0) is 25.0 Å². The summed E-state index contributed by atoms with van der Waals surface area (Å²) in [6, 6.07) is 6.37. The Kier molecular flexibility index (Phi) is 3.59. The Morgan fingerprint density at radius 2 is 2.25 bits per heavy atom. The second kappa shape index (κ2) is 4.95. The Balaban J connectivity index is 2.15. The molecule has 1 aromatic carbocycles. The van der Waals surface area contributed by atoms with Gasteiger partial charge in [-0.15, -0.1) is 0 Å². The highest BCUT2D eigenvalue weighted by atomic mass is 16.5. The van der Waals surface area contributed by atoms with E-state index in [9.17, 15) is 0 Å². The van der Waals surface area contributed by atoms with Crippen LogP contribution in [0.2, 0.25) is 0 Å². The first-order chi connectivity index (χ1) is 7.68. The van der Waals surface area contributed by atoms with Crippen molar-refractivity contribution in [2.45, 2.75) is 26.0 Å². The number of hydrogen-bond acceptors (Lipinski definition) is 3. The Morgan fingerprint density at radius 3 is 2.88 bits per heavy atom. The molecule has 1 aromatic rings. The summed E-state index contributed by atoms with van der Waals surface area (Å²) in [4.78, 5) is 0. The van der Waals surface area contributed by atoms with Crippen molar-refractivity contribution in [1.82, 2.24) is 5.32 Å². The molecule has 0 aliphatic carbocycles. The SMILES string of the molecule is Cc1ccc(C(N)C2CNCCO2)c(C)c1. The predicted octanol–water partition coefficient (Wildman–Crippen LogP) is 1.29. The summed E-state index contributed by atoms with van der Waals surface area (Å²) < 4.78 is 5.69. The van der Waals surface area contributed by atoms with Gasteiger partial charge in [-0.3, -0.25) is 0 Å². The third kappa shape index (κ3) is 2.43. The van der Waals surface area contributed by atoms with Crippen molar-refractivity contribution >= 4 is 0 Å². The van der Waals surface area contributed by atoms with Gasteiger partial charge in [-0.2, -0.15) is 0 Å². The van der Waals surface area contributed by atoms with Crippen LogP contribution in [0, 0.1) is 13.8 Å². The lowest BCUT2D eigenvalue weighted by Crippen LogP contribution is -2.44.